The van der Waals surface area contributed by atoms with Gasteiger partial charge >= 0.3 is 113 Å². The third kappa shape index (κ3) is 4.72. The number of hydrogen-bond acceptors (Lipinski definition) is 5. The monoisotopic (exact) mass is 980 g/mol. The van der Waals surface area contributed by atoms with Gasteiger partial charge in [-0.2, -0.15) is 145 Å². The predicted molar refractivity (Wildman–Crippen MR) is 102 cm³/mol. The predicted octanol–water partition coefficient (Wildman–Crippen LogP) is 10.4. The Morgan fingerprint density at radius 3 is 0.833 bits per heavy atom. The Balaban J connectivity index is 1.87. The SMILES string of the molecule is FC1(CC2(F)C(F)(F)C(F)(F)C(F)(F)C(F)(F)C2(F)F)OC(F)(F)C2(C(F)(F)O1)C(F)(F)OC(F)(C(F)(F)OC1(F)C(F)(F)C(F)(F)C(F)(F)C(F)(F)C1(F)F)OC2(F)F. The first-order valence-electron chi connectivity index (χ1n) is 13.4. The third-order valence-corrected chi connectivity index (χ3v) is 8.86. The second-order valence-corrected chi connectivity index (χ2v) is 12.4. The van der Waals surface area contributed by atoms with Crippen molar-refractivity contribution in [1.29, 1.82) is 0 Å². The minimum atomic E-state index is -8.87. The van der Waals surface area contributed by atoms with Gasteiger partial charge in [0, 0.05) is 0 Å². The fourth-order valence-electron chi connectivity index (χ4n) is 5.63. The van der Waals surface area contributed by atoms with Crippen LogP contribution in [0.15, 0.2) is 0 Å². The molecule has 2 saturated heterocycles. The summed E-state index contributed by atoms with van der Waals surface area (Å²) in [5, 5.41) is 0. The minimum Gasteiger partial charge on any atom is -0.265 e. The highest BCUT2D eigenvalue weighted by atomic mass is 19.4. The molecule has 4 fully saturated rings. The Morgan fingerprint density at radius 2 is 0.550 bits per heavy atom. The van der Waals surface area contributed by atoms with E-state index in [0.29, 0.717) is 0 Å². The maximum absolute atomic E-state index is 15.1. The van der Waals surface area contributed by atoms with Gasteiger partial charge in [0.1, 0.15) is 0 Å². The molecule has 0 amide bonds. The second kappa shape index (κ2) is 11.4. The van der Waals surface area contributed by atoms with Crippen LogP contribution in [0.2, 0.25) is 0 Å². The van der Waals surface area contributed by atoms with Crippen molar-refractivity contribution in [1.82, 2.24) is 0 Å². The molecule has 2 aliphatic heterocycles. The fraction of sp³-hybridized carbons (Fsp3) is 1.00. The molecule has 2 heterocycles. The van der Waals surface area contributed by atoms with Crippen LogP contribution in [-0.4, -0.2) is 113 Å². The van der Waals surface area contributed by atoms with E-state index in [2.05, 4.69) is 0 Å². The largest absolute Gasteiger partial charge is 0.446 e. The van der Waals surface area contributed by atoms with Crippen LogP contribution in [0.4, 0.5) is 149 Å². The summed E-state index contributed by atoms with van der Waals surface area (Å²) in [6.07, 6.45) is -48.8. The van der Waals surface area contributed by atoms with Crippen LogP contribution in [0.5, 0.6) is 0 Å². The molecule has 0 radical (unpaired) electrons. The molecule has 0 unspecified atom stereocenters. The van der Waals surface area contributed by atoms with Gasteiger partial charge < -0.3 is 0 Å². The highest BCUT2D eigenvalue weighted by Gasteiger charge is 3.07. The smallest absolute Gasteiger partial charge is 0.265 e. The summed E-state index contributed by atoms with van der Waals surface area (Å²) in [5.74, 6) is -94.1. The second-order valence-electron chi connectivity index (χ2n) is 12.4. The number of alkyl halides is 34. The average Bonchev–Trinajstić information content (AvgIpc) is 2.95. The normalized spacial score (nSPS) is 39.7. The molecule has 4 aliphatic rings. The third-order valence-electron chi connectivity index (χ3n) is 8.86. The maximum Gasteiger partial charge on any atom is 0.446 e. The van der Waals surface area contributed by atoms with Crippen LogP contribution >= 0.6 is 0 Å². The lowest BCUT2D eigenvalue weighted by molar-refractivity contribution is -0.705. The van der Waals surface area contributed by atoms with E-state index in [4.69, 9.17) is 0 Å². The van der Waals surface area contributed by atoms with Gasteiger partial charge in [-0.15, -0.1) is 0 Å². The van der Waals surface area contributed by atoms with E-state index in [9.17, 15) is 145 Å². The lowest BCUT2D eigenvalue weighted by Gasteiger charge is -2.59. The fourth-order valence-corrected chi connectivity index (χ4v) is 5.63. The van der Waals surface area contributed by atoms with Crippen LogP contribution in [-0.2, 0) is 23.7 Å². The van der Waals surface area contributed by atoms with Crippen molar-refractivity contribution in [2.45, 2.75) is 120 Å². The lowest BCUT2D eigenvalue weighted by Crippen LogP contribution is -2.87. The van der Waals surface area contributed by atoms with Crippen LogP contribution in [0, 0.1) is 5.41 Å². The molecule has 0 N–H and O–H groups in total. The van der Waals surface area contributed by atoms with Gasteiger partial charge in [0.15, 0.2) is 0 Å². The summed E-state index contributed by atoms with van der Waals surface area (Å²) < 4.78 is 491. The Hall–Kier alpha value is -2.58. The first-order valence-corrected chi connectivity index (χ1v) is 13.4. The van der Waals surface area contributed by atoms with Crippen molar-refractivity contribution >= 4 is 0 Å². The van der Waals surface area contributed by atoms with E-state index in [-0.39, 0.29) is 0 Å². The summed E-state index contributed by atoms with van der Waals surface area (Å²) in [7, 11) is 0. The highest BCUT2D eigenvalue weighted by Crippen LogP contribution is 2.77. The molecule has 2 aliphatic carbocycles. The molecule has 60 heavy (non-hydrogen) atoms. The van der Waals surface area contributed by atoms with Crippen LogP contribution in [0.3, 0.4) is 0 Å². The summed E-state index contributed by atoms with van der Waals surface area (Å²) in [6, 6.07) is -15.8. The number of halogens is 34. The Bertz CT molecular complexity index is 1670. The Labute approximate surface area is 299 Å². The van der Waals surface area contributed by atoms with Gasteiger partial charge in [0.2, 0.25) is 0 Å². The average molecular weight is 980 g/mol. The van der Waals surface area contributed by atoms with E-state index >= 15 is 4.39 Å². The molecule has 0 atom stereocenters. The van der Waals surface area contributed by atoms with Crippen LogP contribution in [0.1, 0.15) is 6.42 Å². The topological polar surface area (TPSA) is 46.2 Å². The molecule has 0 aromatic rings. The number of hydrogen-bond donors (Lipinski definition) is 0. The summed E-state index contributed by atoms with van der Waals surface area (Å²) in [4.78, 5) is 0. The van der Waals surface area contributed by atoms with E-state index in [1.165, 1.54) is 4.74 Å². The maximum atomic E-state index is 15.1. The molecule has 2 saturated carbocycles. The highest BCUT2D eigenvalue weighted by molar-refractivity contribution is 5.28. The lowest BCUT2D eigenvalue weighted by atomic mass is 9.70. The van der Waals surface area contributed by atoms with Crippen molar-refractivity contribution in [2.24, 2.45) is 5.41 Å². The van der Waals surface area contributed by atoms with Crippen molar-refractivity contribution in [3.8, 4) is 0 Å². The van der Waals surface area contributed by atoms with Crippen molar-refractivity contribution < 1.29 is 173 Å². The van der Waals surface area contributed by atoms with Crippen LogP contribution in [0.25, 0.3) is 0 Å². The molecule has 0 bridgehead atoms. The first-order chi connectivity index (χ1) is 25.5. The standard InChI is InChI=1S/C21H2F34O5/c22-2(5(24,25)7(28,29)9(32,33)8(30,31)6(2,26)27)1-3(23)56-16(45,46)4(17(47,48)57-3)18(49,50)59-21(55,60-19(4,51)52)20(53,54)58-15(44)13(40,41)11(36,37)10(34,35)12(38,39)14(15,42)43/h1H2. The number of rotatable bonds is 5. The zero-order valence-electron chi connectivity index (χ0n) is 25.6. The first kappa shape index (κ1) is 50.1. The Morgan fingerprint density at radius 1 is 0.317 bits per heavy atom. The quantitative estimate of drug-likeness (QED) is 0.257. The van der Waals surface area contributed by atoms with Gasteiger partial charge in [0.25, 0.3) is 5.67 Å². The number of ether oxygens (including phenoxy) is 5. The minimum absolute atomic E-state index is 1.24. The molecule has 1 spiro atoms. The zero-order chi connectivity index (χ0) is 48.2. The summed E-state index contributed by atoms with van der Waals surface area (Å²) in [6.45, 7) is 0. The van der Waals surface area contributed by atoms with Crippen LogP contribution < -0.4 is 0 Å². The zero-order valence-corrected chi connectivity index (χ0v) is 25.6. The van der Waals surface area contributed by atoms with Gasteiger partial charge in [-0.1, -0.05) is 0 Å². The van der Waals surface area contributed by atoms with Gasteiger partial charge in [-0.25, -0.2) is 4.39 Å². The van der Waals surface area contributed by atoms with Crippen molar-refractivity contribution in [2.75, 3.05) is 0 Å². The van der Waals surface area contributed by atoms with Crippen molar-refractivity contribution in [3.63, 3.8) is 0 Å². The molecule has 354 valence electrons. The molecular weight excluding hydrogens is 978 g/mol. The van der Waals surface area contributed by atoms with Gasteiger partial charge in [-0.3, -0.25) is 23.7 Å². The molecule has 0 aromatic heterocycles. The molecule has 39 heteroatoms. The molecule has 5 nitrogen and oxygen atoms in total. The van der Waals surface area contributed by atoms with Gasteiger partial charge in [-0.05, 0) is 0 Å². The molecular formula is C21H2F34O5. The summed E-state index contributed by atoms with van der Waals surface area (Å²) in [5.41, 5.74) is -16.8. The summed E-state index contributed by atoms with van der Waals surface area (Å²) >= 11 is 0. The van der Waals surface area contributed by atoms with Crippen molar-refractivity contribution in [3.05, 3.63) is 0 Å². The van der Waals surface area contributed by atoms with Gasteiger partial charge in [0.05, 0.1) is 6.42 Å². The Kier molecular flexibility index (Phi) is 9.49. The van der Waals surface area contributed by atoms with E-state index in [1.807, 2.05) is 9.47 Å². The van der Waals surface area contributed by atoms with E-state index in [1.54, 1.807) is 9.47 Å². The molecule has 4 rings (SSSR count). The van der Waals surface area contributed by atoms with E-state index < -0.39 is 125 Å². The van der Waals surface area contributed by atoms with E-state index in [0.717, 1.165) is 0 Å². The molecule has 0 aromatic carbocycles.